The Hall–Kier alpha value is -1.11. The molecule has 2 heterocycles. The van der Waals surface area contributed by atoms with Crippen LogP contribution in [-0.2, 0) is 0 Å². The first kappa shape index (κ1) is 13.9. The summed E-state index contributed by atoms with van der Waals surface area (Å²) >= 11 is 5.16. The second-order valence-electron chi connectivity index (χ2n) is 4.55. The summed E-state index contributed by atoms with van der Waals surface area (Å²) in [5, 5.41) is 6.46. The Balaban J connectivity index is 1.92. The first-order valence-corrected chi connectivity index (χ1v) is 8.14. The highest BCUT2D eigenvalue weighted by Crippen LogP contribution is 2.43. The molecule has 2 aromatic rings. The number of hydrogen-bond donors (Lipinski definition) is 1. The van der Waals surface area contributed by atoms with E-state index in [9.17, 15) is 0 Å². The van der Waals surface area contributed by atoms with Crippen LogP contribution in [0.4, 0.5) is 0 Å². The topological polar surface area (TPSA) is 43.4 Å². The van der Waals surface area contributed by atoms with E-state index < -0.39 is 0 Å². The molecule has 106 valence electrons. The molecular weight excluding hydrogens is 340 g/mol. The quantitative estimate of drug-likeness (QED) is 0.901. The molecule has 0 saturated heterocycles. The van der Waals surface area contributed by atoms with Crippen LogP contribution in [0.3, 0.4) is 0 Å². The summed E-state index contributed by atoms with van der Waals surface area (Å²) in [6.07, 6.45) is 0. The molecule has 0 spiro atoms. The molecule has 0 bridgehead atoms. The molecule has 0 radical (unpaired) electrons. The maximum Gasteiger partial charge on any atom is 0.231 e. The number of thiazole rings is 1. The minimum Gasteiger partial charge on any atom is -0.454 e. The monoisotopic (exact) mass is 354 g/mol. The van der Waals surface area contributed by atoms with Crippen molar-refractivity contribution in [1.29, 1.82) is 0 Å². The molecule has 0 saturated carbocycles. The smallest absolute Gasteiger partial charge is 0.231 e. The van der Waals surface area contributed by atoms with Crippen molar-refractivity contribution in [2.45, 2.75) is 19.9 Å². The molecule has 1 N–H and O–H groups in total. The van der Waals surface area contributed by atoms with Crippen LogP contribution in [0.2, 0.25) is 0 Å². The first-order chi connectivity index (χ1) is 9.69. The van der Waals surface area contributed by atoms with Gasteiger partial charge in [0, 0.05) is 17.0 Å². The van der Waals surface area contributed by atoms with Crippen LogP contribution in [0.1, 0.15) is 25.6 Å². The van der Waals surface area contributed by atoms with E-state index in [0.29, 0.717) is 0 Å². The standard InChI is InChI=1S/C14H15BrN2O2S/c1-3-16-8(2)11-6-20-14(17-11)9-4-10(15)13-12(5-9)18-7-19-13/h4-6,8,16H,3,7H2,1-2H3. The van der Waals surface area contributed by atoms with E-state index in [-0.39, 0.29) is 12.8 Å². The molecule has 0 amide bonds. The van der Waals surface area contributed by atoms with Crippen molar-refractivity contribution in [2.75, 3.05) is 13.3 Å². The van der Waals surface area contributed by atoms with Gasteiger partial charge in [0.1, 0.15) is 5.01 Å². The van der Waals surface area contributed by atoms with Crippen LogP contribution < -0.4 is 14.8 Å². The highest BCUT2D eigenvalue weighted by atomic mass is 79.9. The van der Waals surface area contributed by atoms with Crippen molar-refractivity contribution >= 4 is 27.3 Å². The van der Waals surface area contributed by atoms with E-state index in [1.165, 1.54) is 0 Å². The molecule has 0 fully saturated rings. The lowest BCUT2D eigenvalue weighted by atomic mass is 10.2. The number of nitrogens with zero attached hydrogens (tertiary/aromatic N) is 1. The minimum absolute atomic E-state index is 0.266. The first-order valence-electron chi connectivity index (χ1n) is 6.47. The van der Waals surface area contributed by atoms with Crippen molar-refractivity contribution in [3.63, 3.8) is 0 Å². The lowest BCUT2D eigenvalue weighted by Gasteiger charge is -2.08. The van der Waals surface area contributed by atoms with Gasteiger partial charge in [-0.3, -0.25) is 0 Å². The zero-order valence-electron chi connectivity index (χ0n) is 11.3. The Morgan fingerprint density at radius 3 is 3.10 bits per heavy atom. The average molecular weight is 355 g/mol. The van der Waals surface area contributed by atoms with Gasteiger partial charge in [-0.25, -0.2) is 4.98 Å². The zero-order valence-corrected chi connectivity index (χ0v) is 13.7. The summed E-state index contributed by atoms with van der Waals surface area (Å²) in [6, 6.07) is 4.27. The van der Waals surface area contributed by atoms with E-state index in [1.807, 2.05) is 12.1 Å². The summed E-state index contributed by atoms with van der Waals surface area (Å²) in [5.41, 5.74) is 2.11. The van der Waals surface area contributed by atoms with Gasteiger partial charge in [-0.1, -0.05) is 6.92 Å². The SMILES string of the molecule is CCNC(C)c1csc(-c2cc(Br)c3c(c2)OCO3)n1. The van der Waals surface area contributed by atoms with Gasteiger partial charge in [-0.05, 0) is 41.5 Å². The molecule has 4 nitrogen and oxygen atoms in total. The van der Waals surface area contributed by atoms with Crippen molar-refractivity contribution in [2.24, 2.45) is 0 Å². The van der Waals surface area contributed by atoms with E-state index in [1.54, 1.807) is 11.3 Å². The number of nitrogens with one attached hydrogen (secondary N) is 1. The van der Waals surface area contributed by atoms with Gasteiger partial charge in [-0.2, -0.15) is 0 Å². The van der Waals surface area contributed by atoms with Crippen molar-refractivity contribution in [3.05, 3.63) is 27.7 Å². The number of rotatable bonds is 4. The van der Waals surface area contributed by atoms with Crippen molar-refractivity contribution in [3.8, 4) is 22.1 Å². The fraction of sp³-hybridized carbons (Fsp3) is 0.357. The lowest BCUT2D eigenvalue weighted by molar-refractivity contribution is 0.173. The van der Waals surface area contributed by atoms with E-state index in [0.717, 1.165) is 38.8 Å². The van der Waals surface area contributed by atoms with Gasteiger partial charge >= 0.3 is 0 Å². The van der Waals surface area contributed by atoms with Crippen LogP contribution in [0, 0.1) is 0 Å². The number of benzene rings is 1. The Kier molecular flexibility index (Phi) is 3.96. The number of ether oxygens (including phenoxy) is 2. The zero-order chi connectivity index (χ0) is 14.1. The van der Waals surface area contributed by atoms with Crippen LogP contribution in [0.25, 0.3) is 10.6 Å². The van der Waals surface area contributed by atoms with Gasteiger partial charge in [0.25, 0.3) is 0 Å². The normalized spacial score (nSPS) is 14.6. The molecule has 1 aliphatic rings. The van der Waals surface area contributed by atoms with Gasteiger partial charge in [0.2, 0.25) is 6.79 Å². The largest absolute Gasteiger partial charge is 0.454 e. The van der Waals surface area contributed by atoms with Crippen molar-refractivity contribution in [1.82, 2.24) is 10.3 Å². The van der Waals surface area contributed by atoms with E-state index >= 15 is 0 Å². The van der Waals surface area contributed by atoms with E-state index in [2.05, 4.69) is 40.5 Å². The fourth-order valence-corrected chi connectivity index (χ4v) is 3.58. The molecule has 1 aliphatic heterocycles. The van der Waals surface area contributed by atoms with Gasteiger partial charge in [-0.15, -0.1) is 11.3 Å². The Bertz CT molecular complexity index is 630. The maximum atomic E-state index is 5.45. The molecule has 1 atom stereocenters. The molecule has 1 aromatic carbocycles. The van der Waals surface area contributed by atoms with Gasteiger partial charge in [0.15, 0.2) is 11.5 Å². The number of fused-ring (bicyclic) bond motifs is 1. The highest BCUT2D eigenvalue weighted by Gasteiger charge is 2.20. The summed E-state index contributed by atoms with van der Waals surface area (Å²) in [5.74, 6) is 1.54. The molecule has 0 aliphatic carbocycles. The van der Waals surface area contributed by atoms with Crippen LogP contribution in [-0.4, -0.2) is 18.3 Å². The van der Waals surface area contributed by atoms with Crippen LogP contribution in [0.5, 0.6) is 11.5 Å². The van der Waals surface area contributed by atoms with Crippen molar-refractivity contribution < 1.29 is 9.47 Å². The van der Waals surface area contributed by atoms with Crippen LogP contribution in [0.15, 0.2) is 22.0 Å². The Labute approximate surface area is 130 Å². The average Bonchev–Trinajstić information content (AvgIpc) is 3.08. The second kappa shape index (κ2) is 5.71. The third-order valence-electron chi connectivity index (χ3n) is 3.15. The second-order valence-corrected chi connectivity index (χ2v) is 6.26. The summed E-state index contributed by atoms with van der Waals surface area (Å²) in [4.78, 5) is 4.70. The number of hydrogen-bond acceptors (Lipinski definition) is 5. The molecule has 3 rings (SSSR count). The molecule has 6 heteroatoms. The Morgan fingerprint density at radius 1 is 1.45 bits per heavy atom. The predicted octanol–water partition coefficient (Wildman–Crippen LogP) is 3.97. The molecule has 1 unspecified atom stereocenters. The predicted molar refractivity (Wildman–Crippen MR) is 83.5 cm³/mol. The summed E-state index contributed by atoms with van der Waals surface area (Å²) < 4.78 is 11.7. The number of aromatic nitrogens is 1. The van der Waals surface area contributed by atoms with Crippen LogP contribution >= 0.6 is 27.3 Å². The molecular formula is C14H15BrN2O2S. The Morgan fingerprint density at radius 2 is 2.30 bits per heavy atom. The van der Waals surface area contributed by atoms with Gasteiger partial charge < -0.3 is 14.8 Å². The molecule has 1 aromatic heterocycles. The third-order valence-corrected chi connectivity index (χ3v) is 4.65. The van der Waals surface area contributed by atoms with E-state index in [4.69, 9.17) is 14.5 Å². The minimum atomic E-state index is 0.266. The third kappa shape index (κ3) is 2.55. The number of halogens is 1. The summed E-state index contributed by atoms with van der Waals surface area (Å²) in [6.45, 7) is 5.43. The maximum absolute atomic E-state index is 5.45. The fourth-order valence-electron chi connectivity index (χ4n) is 2.12. The lowest BCUT2D eigenvalue weighted by Crippen LogP contribution is -2.17. The molecule has 20 heavy (non-hydrogen) atoms. The highest BCUT2D eigenvalue weighted by molar-refractivity contribution is 9.10. The summed E-state index contributed by atoms with van der Waals surface area (Å²) in [7, 11) is 0. The van der Waals surface area contributed by atoms with Gasteiger partial charge in [0.05, 0.1) is 10.2 Å².